The molecule has 0 radical (unpaired) electrons. The van der Waals surface area contributed by atoms with Crippen LogP contribution in [-0.4, -0.2) is 4.98 Å². The molecule has 0 bridgehead atoms. The van der Waals surface area contributed by atoms with Gasteiger partial charge in [0.2, 0.25) is 0 Å². The van der Waals surface area contributed by atoms with Crippen LogP contribution >= 0.6 is 15.9 Å². The van der Waals surface area contributed by atoms with Gasteiger partial charge in [0, 0.05) is 10.7 Å². The lowest BCUT2D eigenvalue weighted by molar-refractivity contribution is 1.11. The summed E-state index contributed by atoms with van der Waals surface area (Å²) >= 11 is 3.36. The second-order valence-electron chi connectivity index (χ2n) is 2.04. The van der Waals surface area contributed by atoms with E-state index in [-0.39, 0.29) is 0 Å². The zero-order valence-corrected chi connectivity index (χ0v) is 7.35. The Bertz CT molecular complexity index is 215. The van der Waals surface area contributed by atoms with Crippen LogP contribution in [0.1, 0.15) is 12.5 Å². The van der Waals surface area contributed by atoms with Crippen LogP contribution in [0.15, 0.2) is 16.9 Å². The summed E-state index contributed by atoms with van der Waals surface area (Å²) in [5.41, 5.74) is 7.53. The second kappa shape index (κ2) is 3.01. The van der Waals surface area contributed by atoms with Gasteiger partial charge in [0.25, 0.3) is 0 Å². The van der Waals surface area contributed by atoms with Crippen molar-refractivity contribution in [1.82, 2.24) is 4.98 Å². The van der Waals surface area contributed by atoms with Gasteiger partial charge in [0.1, 0.15) is 0 Å². The molecule has 1 heterocycles. The quantitative estimate of drug-likeness (QED) is 0.754. The van der Waals surface area contributed by atoms with Crippen LogP contribution in [0.4, 0.5) is 5.69 Å². The lowest BCUT2D eigenvalue weighted by Crippen LogP contribution is -1.94. The molecule has 2 N–H and O–H groups in total. The van der Waals surface area contributed by atoms with Crippen LogP contribution in [0.25, 0.3) is 0 Å². The van der Waals surface area contributed by atoms with Gasteiger partial charge in [-0.25, -0.2) is 0 Å². The average Bonchev–Trinajstić information content (AvgIpc) is 1.88. The number of hydrogen-bond donors (Lipinski definition) is 1. The second-order valence-corrected chi connectivity index (χ2v) is 2.90. The third-order valence-electron chi connectivity index (χ3n) is 1.39. The van der Waals surface area contributed by atoms with Crippen molar-refractivity contribution in [2.24, 2.45) is 0 Å². The molecule has 0 saturated heterocycles. The summed E-state index contributed by atoms with van der Waals surface area (Å²) in [6.45, 7) is 2.07. The average molecular weight is 201 g/mol. The van der Waals surface area contributed by atoms with Crippen molar-refractivity contribution in [3.8, 4) is 0 Å². The van der Waals surface area contributed by atoms with Crippen molar-refractivity contribution in [3.63, 3.8) is 0 Å². The summed E-state index contributed by atoms with van der Waals surface area (Å²) in [5, 5.41) is 0. The zero-order valence-electron chi connectivity index (χ0n) is 5.76. The molecule has 1 aromatic heterocycles. The van der Waals surface area contributed by atoms with E-state index in [4.69, 9.17) is 5.73 Å². The van der Waals surface area contributed by atoms with Crippen LogP contribution in [0, 0.1) is 0 Å². The maximum Gasteiger partial charge on any atom is 0.0544 e. The van der Waals surface area contributed by atoms with E-state index in [9.17, 15) is 0 Å². The minimum absolute atomic E-state index is 0.761. The monoisotopic (exact) mass is 200 g/mol. The fourth-order valence-electron chi connectivity index (χ4n) is 0.850. The van der Waals surface area contributed by atoms with Crippen molar-refractivity contribution >= 4 is 21.6 Å². The van der Waals surface area contributed by atoms with E-state index in [0.29, 0.717) is 0 Å². The van der Waals surface area contributed by atoms with Crippen LogP contribution in [0.5, 0.6) is 0 Å². The molecule has 0 aliphatic heterocycles. The minimum atomic E-state index is 0.761. The molecule has 54 valence electrons. The SMILES string of the molecule is CCc1c(N)cncc1Br. The Labute approximate surface area is 68.6 Å². The molecule has 0 atom stereocenters. The number of nitrogens with zero attached hydrogens (tertiary/aromatic N) is 1. The van der Waals surface area contributed by atoms with Crippen molar-refractivity contribution in [3.05, 3.63) is 22.4 Å². The van der Waals surface area contributed by atoms with Crippen molar-refractivity contribution < 1.29 is 0 Å². The Morgan fingerprint density at radius 1 is 1.60 bits per heavy atom. The molecule has 0 fully saturated rings. The maximum atomic E-state index is 5.64. The van der Waals surface area contributed by atoms with E-state index in [2.05, 4.69) is 27.8 Å². The Kier molecular flexibility index (Phi) is 2.27. The normalized spacial score (nSPS) is 9.80. The number of rotatable bonds is 1. The molecule has 0 saturated carbocycles. The predicted molar refractivity (Wildman–Crippen MR) is 45.7 cm³/mol. The summed E-state index contributed by atoms with van der Waals surface area (Å²) < 4.78 is 0.995. The molecule has 0 aromatic carbocycles. The van der Waals surface area contributed by atoms with E-state index in [1.807, 2.05) is 0 Å². The molecular formula is C7H9BrN2. The first-order valence-corrected chi connectivity index (χ1v) is 3.93. The minimum Gasteiger partial charge on any atom is -0.397 e. The first kappa shape index (κ1) is 7.54. The van der Waals surface area contributed by atoms with Crippen LogP contribution in [0.3, 0.4) is 0 Å². The fourth-order valence-corrected chi connectivity index (χ4v) is 1.48. The number of anilines is 1. The molecule has 0 spiro atoms. The van der Waals surface area contributed by atoms with Gasteiger partial charge in [-0.1, -0.05) is 6.92 Å². The summed E-state index contributed by atoms with van der Waals surface area (Å²) in [7, 11) is 0. The van der Waals surface area contributed by atoms with E-state index in [1.165, 1.54) is 0 Å². The standard InChI is InChI=1S/C7H9BrN2/c1-2-5-6(8)3-10-4-7(5)9/h3-4H,2,9H2,1H3. The highest BCUT2D eigenvalue weighted by atomic mass is 79.9. The van der Waals surface area contributed by atoms with Crippen molar-refractivity contribution in [2.75, 3.05) is 5.73 Å². The van der Waals surface area contributed by atoms with E-state index >= 15 is 0 Å². The van der Waals surface area contributed by atoms with Gasteiger partial charge in [-0.3, -0.25) is 4.98 Å². The van der Waals surface area contributed by atoms with Gasteiger partial charge in [-0.2, -0.15) is 0 Å². The number of nitrogen functional groups attached to an aromatic ring is 1. The largest absolute Gasteiger partial charge is 0.397 e. The molecule has 1 rings (SSSR count). The molecule has 3 heteroatoms. The predicted octanol–water partition coefficient (Wildman–Crippen LogP) is 1.99. The highest BCUT2D eigenvalue weighted by Gasteiger charge is 1.99. The summed E-state index contributed by atoms with van der Waals surface area (Å²) in [5.74, 6) is 0. The first-order chi connectivity index (χ1) is 4.75. The number of aromatic nitrogens is 1. The Balaban J connectivity index is 3.17. The third-order valence-corrected chi connectivity index (χ3v) is 2.08. The molecule has 1 aromatic rings. The van der Waals surface area contributed by atoms with Gasteiger partial charge in [-0.15, -0.1) is 0 Å². The van der Waals surface area contributed by atoms with Crippen molar-refractivity contribution in [2.45, 2.75) is 13.3 Å². The summed E-state index contributed by atoms with van der Waals surface area (Å²) in [4.78, 5) is 3.92. The molecule has 0 unspecified atom stereocenters. The maximum absolute atomic E-state index is 5.64. The van der Waals surface area contributed by atoms with Crippen LogP contribution in [0.2, 0.25) is 0 Å². The third kappa shape index (κ3) is 1.29. The number of halogens is 1. The first-order valence-electron chi connectivity index (χ1n) is 3.13. The Hall–Kier alpha value is -0.570. The fraction of sp³-hybridized carbons (Fsp3) is 0.286. The van der Waals surface area contributed by atoms with Crippen LogP contribution < -0.4 is 5.73 Å². The molecule has 0 aliphatic rings. The number of hydrogen-bond acceptors (Lipinski definition) is 2. The smallest absolute Gasteiger partial charge is 0.0544 e. The summed E-state index contributed by atoms with van der Waals surface area (Å²) in [6, 6.07) is 0. The number of pyridine rings is 1. The lowest BCUT2D eigenvalue weighted by atomic mass is 10.2. The molecule has 10 heavy (non-hydrogen) atoms. The Morgan fingerprint density at radius 3 is 2.70 bits per heavy atom. The van der Waals surface area contributed by atoms with Gasteiger partial charge in [0.05, 0.1) is 11.9 Å². The summed E-state index contributed by atoms with van der Waals surface area (Å²) in [6.07, 6.45) is 4.37. The van der Waals surface area contributed by atoms with Crippen molar-refractivity contribution in [1.29, 1.82) is 0 Å². The highest BCUT2D eigenvalue weighted by molar-refractivity contribution is 9.10. The van der Waals surface area contributed by atoms with Gasteiger partial charge in [-0.05, 0) is 27.9 Å². The number of nitrogens with two attached hydrogens (primary N) is 1. The molecule has 2 nitrogen and oxygen atoms in total. The van der Waals surface area contributed by atoms with Crippen LogP contribution in [-0.2, 0) is 6.42 Å². The van der Waals surface area contributed by atoms with Gasteiger partial charge in [0.15, 0.2) is 0 Å². The Morgan fingerprint density at radius 2 is 2.30 bits per heavy atom. The molecular weight excluding hydrogens is 192 g/mol. The van der Waals surface area contributed by atoms with Gasteiger partial charge >= 0.3 is 0 Å². The zero-order chi connectivity index (χ0) is 7.56. The lowest BCUT2D eigenvalue weighted by Gasteiger charge is -2.02. The van der Waals surface area contributed by atoms with E-state index in [0.717, 1.165) is 22.1 Å². The van der Waals surface area contributed by atoms with Gasteiger partial charge < -0.3 is 5.73 Å². The topological polar surface area (TPSA) is 38.9 Å². The molecule has 0 aliphatic carbocycles. The molecule has 0 amide bonds. The van der Waals surface area contributed by atoms with E-state index < -0.39 is 0 Å². The van der Waals surface area contributed by atoms with E-state index in [1.54, 1.807) is 12.4 Å². The highest BCUT2D eigenvalue weighted by Crippen LogP contribution is 2.20.